The van der Waals surface area contributed by atoms with Crippen LogP contribution in [0.1, 0.15) is 19.4 Å². The molecule has 0 bridgehead atoms. The highest BCUT2D eigenvalue weighted by atomic mass is 32.2. The Morgan fingerprint density at radius 3 is 2.40 bits per heavy atom. The molecule has 0 radical (unpaired) electrons. The average Bonchev–Trinajstić information content (AvgIpc) is 2.95. The minimum absolute atomic E-state index is 0.0456. The Morgan fingerprint density at radius 2 is 1.77 bits per heavy atom. The van der Waals surface area contributed by atoms with Gasteiger partial charge in [0.15, 0.2) is 0 Å². The van der Waals surface area contributed by atoms with Gasteiger partial charge in [0.05, 0.1) is 11.4 Å². The van der Waals surface area contributed by atoms with E-state index < -0.39 is 23.0 Å². The molecule has 1 aliphatic rings. The van der Waals surface area contributed by atoms with Crippen LogP contribution in [0.15, 0.2) is 70.6 Å². The Morgan fingerprint density at radius 1 is 1.06 bits per heavy atom. The Hall–Kier alpha value is -3.80. The molecule has 12 heteroatoms. The van der Waals surface area contributed by atoms with Crippen LogP contribution in [-0.4, -0.2) is 37.9 Å². The van der Waals surface area contributed by atoms with Crippen LogP contribution in [0.2, 0.25) is 0 Å². The van der Waals surface area contributed by atoms with Crippen LogP contribution < -0.4 is 15.8 Å². The second-order valence-electron chi connectivity index (χ2n) is 8.23. The van der Waals surface area contributed by atoms with Crippen LogP contribution in [0, 0.1) is 0 Å². The Labute approximate surface area is 202 Å². The molecule has 8 nitrogen and oxygen atoms in total. The molecule has 4 rings (SSSR count). The van der Waals surface area contributed by atoms with E-state index in [0.717, 1.165) is 4.90 Å². The molecular weight excluding hydrogens is 483 g/mol. The number of alkyl halides is 3. The highest BCUT2D eigenvalue weighted by Gasteiger charge is 2.51. The summed E-state index contributed by atoms with van der Waals surface area (Å²) in [6, 6.07) is 10.9. The predicted octanol–water partition coefficient (Wildman–Crippen LogP) is 4.87. The smallest absolute Gasteiger partial charge is 0.339 e. The van der Waals surface area contributed by atoms with Gasteiger partial charge < -0.3 is 15.2 Å². The van der Waals surface area contributed by atoms with Gasteiger partial charge in [-0.05, 0) is 73.6 Å². The van der Waals surface area contributed by atoms with E-state index in [0.29, 0.717) is 17.1 Å². The number of benzene rings is 1. The number of aromatic nitrogens is 2. The van der Waals surface area contributed by atoms with Crippen LogP contribution in [0.5, 0.6) is 0 Å². The number of rotatable bonds is 6. The van der Waals surface area contributed by atoms with Gasteiger partial charge in [-0.3, -0.25) is 9.59 Å². The predicted molar refractivity (Wildman–Crippen MR) is 125 cm³/mol. The first kappa shape index (κ1) is 24.3. The number of nitrogens with one attached hydrogen (secondary N) is 2. The van der Waals surface area contributed by atoms with Crippen molar-refractivity contribution in [1.82, 2.24) is 14.9 Å². The normalized spacial score (nSPS) is 15.6. The number of halogens is 3. The molecule has 182 valence electrons. The Balaban J connectivity index is 1.54. The Kier molecular flexibility index (Phi) is 6.32. The molecule has 1 aliphatic heterocycles. The van der Waals surface area contributed by atoms with Gasteiger partial charge >= 0.3 is 11.5 Å². The zero-order valence-corrected chi connectivity index (χ0v) is 19.4. The minimum atomic E-state index is -4.43. The number of carbonyl (C=O) groups is 2. The molecule has 1 saturated heterocycles. The molecule has 0 aliphatic carbocycles. The number of imide groups is 1. The molecular formula is C23H20F3N5O3S. The number of aromatic amines is 1. The number of amides is 3. The van der Waals surface area contributed by atoms with Gasteiger partial charge in [0.2, 0.25) is 5.56 Å². The van der Waals surface area contributed by atoms with Crippen LogP contribution in [0.25, 0.3) is 0 Å². The van der Waals surface area contributed by atoms with E-state index in [1.54, 1.807) is 38.2 Å². The minimum Gasteiger partial charge on any atom is -0.339 e. The average molecular weight is 504 g/mol. The second kappa shape index (κ2) is 9.10. The molecule has 0 unspecified atom stereocenters. The molecule has 0 saturated carbocycles. The summed E-state index contributed by atoms with van der Waals surface area (Å²) in [5.74, 6) is -0.0145. The quantitative estimate of drug-likeness (QED) is 0.368. The SMILES string of the molecule is CC1(C)C(=O)N(c2ccc(SC(F)(F)F)cc2)C(=O)N1Cc1ccnc(Nc2ccc(=O)[nH]c2)c1. The van der Waals surface area contributed by atoms with Gasteiger partial charge in [0.1, 0.15) is 11.4 Å². The van der Waals surface area contributed by atoms with E-state index in [2.05, 4.69) is 15.3 Å². The standard InChI is InChI=1S/C23H20F3N5O3S/c1-22(2)20(33)31(16-4-6-17(7-5-16)35-23(24,25)26)21(34)30(22)13-14-9-10-27-18(11-14)29-15-3-8-19(32)28-12-15/h3-12H,13H2,1-2H3,(H,27,29)(H,28,32). The first-order chi connectivity index (χ1) is 16.4. The van der Waals surface area contributed by atoms with Crippen molar-refractivity contribution in [1.29, 1.82) is 0 Å². The monoisotopic (exact) mass is 503 g/mol. The topological polar surface area (TPSA) is 98.4 Å². The van der Waals surface area contributed by atoms with E-state index >= 15 is 0 Å². The third-order valence-corrected chi connectivity index (χ3v) is 6.11. The number of carbonyl (C=O) groups excluding carboxylic acids is 2. The number of nitrogens with zero attached hydrogens (tertiary/aromatic N) is 3. The summed E-state index contributed by atoms with van der Waals surface area (Å²) < 4.78 is 37.8. The largest absolute Gasteiger partial charge is 0.446 e. The highest BCUT2D eigenvalue weighted by molar-refractivity contribution is 8.00. The van der Waals surface area contributed by atoms with Gasteiger partial charge in [-0.25, -0.2) is 14.7 Å². The molecule has 3 aromatic rings. The van der Waals surface area contributed by atoms with Crippen molar-refractivity contribution in [2.24, 2.45) is 0 Å². The van der Waals surface area contributed by atoms with Gasteiger partial charge in [0, 0.05) is 29.9 Å². The van der Waals surface area contributed by atoms with Crippen LogP contribution >= 0.6 is 11.8 Å². The summed E-state index contributed by atoms with van der Waals surface area (Å²) >= 11 is -0.270. The number of hydrogen-bond donors (Lipinski definition) is 2. The third-order valence-electron chi connectivity index (χ3n) is 5.37. The lowest BCUT2D eigenvalue weighted by Gasteiger charge is -2.27. The number of hydrogen-bond acceptors (Lipinski definition) is 6. The van der Waals surface area contributed by atoms with Crippen molar-refractivity contribution in [3.63, 3.8) is 0 Å². The Bertz CT molecular complexity index is 1300. The van der Waals surface area contributed by atoms with Gasteiger partial charge in [-0.15, -0.1) is 0 Å². The van der Waals surface area contributed by atoms with Crippen molar-refractivity contribution < 1.29 is 22.8 Å². The molecule has 1 aromatic carbocycles. The van der Waals surface area contributed by atoms with Crippen molar-refractivity contribution >= 4 is 40.9 Å². The summed E-state index contributed by atoms with van der Waals surface area (Å²) in [7, 11) is 0. The molecule has 2 aromatic heterocycles. The van der Waals surface area contributed by atoms with E-state index in [4.69, 9.17) is 0 Å². The van der Waals surface area contributed by atoms with Gasteiger partial charge in [-0.1, -0.05) is 0 Å². The van der Waals surface area contributed by atoms with Crippen LogP contribution in [0.4, 0.5) is 35.2 Å². The summed E-state index contributed by atoms with van der Waals surface area (Å²) in [4.78, 5) is 46.7. The van der Waals surface area contributed by atoms with Gasteiger partial charge in [-0.2, -0.15) is 13.2 Å². The molecule has 0 atom stereocenters. The number of thioether (sulfide) groups is 1. The van der Waals surface area contributed by atoms with Crippen LogP contribution in [-0.2, 0) is 11.3 Å². The van der Waals surface area contributed by atoms with E-state index in [1.165, 1.54) is 41.4 Å². The number of urea groups is 1. The number of anilines is 3. The molecule has 1 fully saturated rings. The van der Waals surface area contributed by atoms with Crippen molar-refractivity contribution in [2.75, 3.05) is 10.2 Å². The van der Waals surface area contributed by atoms with E-state index in [9.17, 15) is 27.6 Å². The van der Waals surface area contributed by atoms with Crippen molar-refractivity contribution in [3.05, 3.63) is 76.8 Å². The summed E-state index contributed by atoms with van der Waals surface area (Å²) in [6.45, 7) is 3.32. The van der Waals surface area contributed by atoms with E-state index in [-0.39, 0.29) is 34.4 Å². The summed E-state index contributed by atoms with van der Waals surface area (Å²) in [5.41, 5.74) is -4.37. The van der Waals surface area contributed by atoms with E-state index in [1.807, 2.05) is 0 Å². The van der Waals surface area contributed by atoms with Crippen molar-refractivity contribution in [3.8, 4) is 0 Å². The first-order valence-corrected chi connectivity index (χ1v) is 11.2. The van der Waals surface area contributed by atoms with Crippen molar-refractivity contribution in [2.45, 2.75) is 36.3 Å². The molecule has 35 heavy (non-hydrogen) atoms. The fraction of sp³-hybridized carbons (Fsp3) is 0.217. The lowest BCUT2D eigenvalue weighted by molar-refractivity contribution is -0.123. The number of pyridine rings is 2. The summed E-state index contributed by atoms with van der Waals surface area (Å²) in [5, 5.41) is 3.05. The fourth-order valence-corrected chi connectivity index (χ4v) is 4.12. The zero-order valence-electron chi connectivity index (χ0n) is 18.6. The molecule has 3 amide bonds. The maximum Gasteiger partial charge on any atom is 0.446 e. The highest BCUT2D eigenvalue weighted by Crippen LogP contribution is 2.39. The van der Waals surface area contributed by atoms with Gasteiger partial charge in [0.25, 0.3) is 5.91 Å². The summed E-state index contributed by atoms with van der Waals surface area (Å²) in [6.07, 6.45) is 3.05. The fourth-order valence-electron chi connectivity index (χ4n) is 3.59. The maximum atomic E-state index is 13.2. The maximum absolute atomic E-state index is 13.2. The first-order valence-electron chi connectivity index (χ1n) is 10.4. The molecule has 3 heterocycles. The zero-order chi connectivity index (χ0) is 25.4. The molecule has 0 spiro atoms. The third kappa shape index (κ3) is 5.32. The van der Waals surface area contributed by atoms with Crippen LogP contribution in [0.3, 0.4) is 0 Å². The second-order valence-corrected chi connectivity index (χ2v) is 9.36. The lowest BCUT2D eigenvalue weighted by atomic mass is 10.0. The molecule has 2 N–H and O–H groups in total. The number of H-pyrrole nitrogens is 1. The lowest BCUT2D eigenvalue weighted by Crippen LogP contribution is -2.43.